The number of nitrogens with one attached hydrogen (secondary N) is 1. The maximum Gasteiger partial charge on any atom is 0.343 e. The van der Waals surface area contributed by atoms with Crippen LogP contribution < -0.4 is 10.2 Å². The largest absolute Gasteiger partial charge is 0.462 e. The summed E-state index contributed by atoms with van der Waals surface area (Å²) < 4.78 is 6.30. The molecule has 10 heteroatoms. The van der Waals surface area contributed by atoms with Gasteiger partial charge in [0.05, 0.1) is 34.6 Å². The summed E-state index contributed by atoms with van der Waals surface area (Å²) in [6, 6.07) is 10.7. The van der Waals surface area contributed by atoms with E-state index in [2.05, 4.69) is 10.4 Å². The molecule has 0 unspecified atom stereocenters. The molecule has 3 amide bonds. The molecule has 2 aromatic carbocycles. The molecule has 162 valence electrons. The first-order chi connectivity index (χ1) is 15.3. The fourth-order valence-corrected chi connectivity index (χ4v) is 3.58. The van der Waals surface area contributed by atoms with Gasteiger partial charge >= 0.3 is 5.97 Å². The fourth-order valence-electron chi connectivity index (χ4n) is 3.36. The Morgan fingerprint density at radius 2 is 1.81 bits per heavy atom. The highest BCUT2D eigenvalue weighted by Crippen LogP contribution is 2.33. The van der Waals surface area contributed by atoms with Gasteiger partial charge in [-0.05, 0) is 37.3 Å². The van der Waals surface area contributed by atoms with E-state index in [-0.39, 0.29) is 45.4 Å². The third kappa shape index (κ3) is 3.52. The van der Waals surface area contributed by atoms with Crippen LogP contribution >= 0.6 is 11.6 Å². The quantitative estimate of drug-likeness (QED) is 0.469. The maximum absolute atomic E-state index is 13.0. The van der Waals surface area contributed by atoms with Gasteiger partial charge in [-0.15, -0.1) is 0 Å². The third-order valence-corrected chi connectivity index (χ3v) is 5.23. The van der Waals surface area contributed by atoms with Crippen LogP contribution in [0.4, 0.5) is 11.5 Å². The SMILES string of the molecule is CCOC(=O)c1cnn(C)c1NC(=O)c1ccc2c(c1)C(=O)N(c1ccccc1Cl)C2=O. The second-order valence-electron chi connectivity index (χ2n) is 6.86. The number of aromatic nitrogens is 2. The van der Waals surface area contributed by atoms with Crippen molar-refractivity contribution in [1.82, 2.24) is 9.78 Å². The zero-order chi connectivity index (χ0) is 23.0. The molecule has 0 aliphatic carbocycles. The van der Waals surface area contributed by atoms with Crippen LogP contribution in [0.2, 0.25) is 5.02 Å². The molecule has 0 atom stereocenters. The number of imide groups is 1. The molecule has 1 aliphatic heterocycles. The Morgan fingerprint density at radius 1 is 1.09 bits per heavy atom. The molecule has 0 saturated heterocycles. The number of carbonyl (C=O) groups excluding carboxylic acids is 4. The van der Waals surface area contributed by atoms with Gasteiger partial charge in [0.2, 0.25) is 0 Å². The van der Waals surface area contributed by atoms with Gasteiger partial charge in [-0.25, -0.2) is 9.69 Å². The maximum atomic E-state index is 13.0. The molecule has 0 saturated carbocycles. The van der Waals surface area contributed by atoms with Gasteiger partial charge in [0.15, 0.2) is 0 Å². The van der Waals surface area contributed by atoms with E-state index in [1.165, 1.54) is 29.1 Å². The predicted molar refractivity (Wildman–Crippen MR) is 116 cm³/mol. The van der Waals surface area contributed by atoms with E-state index in [0.29, 0.717) is 0 Å². The summed E-state index contributed by atoms with van der Waals surface area (Å²) in [5.41, 5.74) is 0.736. The van der Waals surface area contributed by atoms with Gasteiger partial charge < -0.3 is 10.1 Å². The summed E-state index contributed by atoms with van der Waals surface area (Å²) in [4.78, 5) is 51.7. The van der Waals surface area contributed by atoms with Crippen molar-refractivity contribution in [2.75, 3.05) is 16.8 Å². The number of rotatable bonds is 5. The van der Waals surface area contributed by atoms with E-state index in [1.807, 2.05) is 0 Å². The lowest BCUT2D eigenvalue weighted by molar-refractivity contribution is 0.0527. The van der Waals surface area contributed by atoms with Crippen molar-refractivity contribution in [2.24, 2.45) is 7.05 Å². The number of halogens is 1. The van der Waals surface area contributed by atoms with Crippen LogP contribution in [-0.2, 0) is 11.8 Å². The molecular formula is C22H17ClN4O5. The van der Waals surface area contributed by atoms with Crippen molar-refractivity contribution < 1.29 is 23.9 Å². The molecule has 1 aliphatic rings. The van der Waals surface area contributed by atoms with Crippen molar-refractivity contribution >= 4 is 46.8 Å². The van der Waals surface area contributed by atoms with Crippen molar-refractivity contribution in [1.29, 1.82) is 0 Å². The monoisotopic (exact) mass is 452 g/mol. The average molecular weight is 453 g/mol. The predicted octanol–water partition coefficient (Wildman–Crippen LogP) is 3.30. The molecule has 3 aromatic rings. The van der Waals surface area contributed by atoms with Crippen molar-refractivity contribution in [3.8, 4) is 0 Å². The van der Waals surface area contributed by atoms with Crippen molar-refractivity contribution in [3.63, 3.8) is 0 Å². The van der Waals surface area contributed by atoms with Crippen molar-refractivity contribution in [3.05, 3.63) is 75.9 Å². The van der Waals surface area contributed by atoms with E-state index < -0.39 is 23.7 Å². The molecule has 2 heterocycles. The first-order valence-corrected chi connectivity index (χ1v) is 9.99. The Bertz CT molecular complexity index is 1280. The smallest absolute Gasteiger partial charge is 0.343 e. The van der Waals surface area contributed by atoms with Gasteiger partial charge in [0.25, 0.3) is 17.7 Å². The highest BCUT2D eigenvalue weighted by Gasteiger charge is 2.38. The molecule has 1 aromatic heterocycles. The lowest BCUT2D eigenvalue weighted by Crippen LogP contribution is -2.29. The molecule has 9 nitrogen and oxygen atoms in total. The molecular weight excluding hydrogens is 436 g/mol. The standard InChI is InChI=1S/C22H17ClN4O5/c1-3-32-22(31)15-11-24-26(2)18(15)25-19(28)12-8-9-13-14(10-12)21(30)27(20(13)29)17-7-5-4-6-16(17)23/h4-11H,3H2,1-2H3,(H,25,28). The number of amides is 3. The first-order valence-electron chi connectivity index (χ1n) is 9.61. The van der Waals surface area contributed by atoms with Gasteiger partial charge in [-0.3, -0.25) is 19.1 Å². The number of fused-ring (bicyclic) bond motifs is 1. The summed E-state index contributed by atoms with van der Waals surface area (Å²) in [5, 5.41) is 6.85. The highest BCUT2D eigenvalue weighted by molar-refractivity contribution is 6.40. The van der Waals surface area contributed by atoms with Crippen LogP contribution in [-0.4, -0.2) is 40.1 Å². The Kier molecular flexibility index (Phi) is 5.50. The van der Waals surface area contributed by atoms with Gasteiger partial charge in [-0.1, -0.05) is 23.7 Å². The van der Waals surface area contributed by atoms with E-state index in [4.69, 9.17) is 16.3 Å². The Hall–Kier alpha value is -3.98. The number of nitrogens with zero attached hydrogens (tertiary/aromatic N) is 3. The third-order valence-electron chi connectivity index (χ3n) is 4.91. The second-order valence-corrected chi connectivity index (χ2v) is 7.27. The molecule has 0 radical (unpaired) electrons. The second kappa shape index (κ2) is 8.27. The van der Waals surface area contributed by atoms with Crippen molar-refractivity contribution in [2.45, 2.75) is 6.92 Å². The molecule has 1 N–H and O–H groups in total. The Labute approximate surface area is 187 Å². The molecule has 32 heavy (non-hydrogen) atoms. The number of aryl methyl sites for hydroxylation is 1. The van der Waals surface area contributed by atoms with E-state index in [0.717, 1.165) is 4.90 Å². The zero-order valence-corrected chi connectivity index (χ0v) is 17.8. The molecule has 4 rings (SSSR count). The van der Waals surface area contributed by atoms with Gasteiger partial charge in [0, 0.05) is 12.6 Å². The number of benzene rings is 2. The minimum atomic E-state index is -0.624. The van der Waals surface area contributed by atoms with Crippen LogP contribution in [0.3, 0.4) is 0 Å². The summed E-state index contributed by atoms with van der Waals surface area (Å²) >= 11 is 6.16. The topological polar surface area (TPSA) is 111 Å². The summed E-state index contributed by atoms with van der Waals surface area (Å²) in [5.74, 6) is -2.17. The summed E-state index contributed by atoms with van der Waals surface area (Å²) in [6.45, 7) is 1.84. The highest BCUT2D eigenvalue weighted by atomic mass is 35.5. The molecule has 0 bridgehead atoms. The van der Waals surface area contributed by atoms with E-state index in [1.54, 1.807) is 38.2 Å². The number of carbonyl (C=O) groups is 4. The van der Waals surface area contributed by atoms with Crippen LogP contribution in [0.25, 0.3) is 0 Å². The van der Waals surface area contributed by atoms with Gasteiger partial charge in [-0.2, -0.15) is 5.10 Å². The number of esters is 1. The van der Waals surface area contributed by atoms with Crippen LogP contribution in [0, 0.1) is 0 Å². The number of para-hydroxylation sites is 1. The minimum Gasteiger partial charge on any atom is -0.462 e. The first kappa shape index (κ1) is 21.3. The summed E-state index contributed by atoms with van der Waals surface area (Å²) in [6.07, 6.45) is 1.29. The summed E-state index contributed by atoms with van der Waals surface area (Å²) in [7, 11) is 1.56. The van der Waals surface area contributed by atoms with E-state index in [9.17, 15) is 19.2 Å². The van der Waals surface area contributed by atoms with Gasteiger partial charge in [0.1, 0.15) is 11.4 Å². The number of ether oxygens (including phenoxy) is 1. The number of hydrogen-bond donors (Lipinski definition) is 1. The van der Waals surface area contributed by atoms with E-state index >= 15 is 0 Å². The molecule has 0 spiro atoms. The molecule has 0 fully saturated rings. The van der Waals surface area contributed by atoms with Crippen LogP contribution in [0.1, 0.15) is 48.4 Å². The Balaban J connectivity index is 1.63. The average Bonchev–Trinajstić information content (AvgIpc) is 3.26. The normalized spacial score (nSPS) is 12.7. The van der Waals surface area contributed by atoms with Crippen LogP contribution in [0.5, 0.6) is 0 Å². The minimum absolute atomic E-state index is 0.0817. The zero-order valence-electron chi connectivity index (χ0n) is 17.1. The lowest BCUT2D eigenvalue weighted by Gasteiger charge is -2.15. The van der Waals surface area contributed by atoms with Crippen LogP contribution in [0.15, 0.2) is 48.7 Å². The lowest BCUT2D eigenvalue weighted by atomic mass is 10.1. The number of anilines is 2. The fraction of sp³-hybridized carbons (Fsp3) is 0.136. The Morgan fingerprint density at radius 3 is 2.53 bits per heavy atom. The number of hydrogen-bond acceptors (Lipinski definition) is 6.